The zero-order chi connectivity index (χ0) is 16.5. The highest BCUT2D eigenvalue weighted by Gasteiger charge is 2.20. The van der Waals surface area contributed by atoms with E-state index in [9.17, 15) is 0 Å². The topological polar surface area (TPSA) is 36.5 Å². The van der Waals surface area contributed by atoms with Crippen molar-refractivity contribution in [1.82, 2.24) is 9.62 Å². The van der Waals surface area contributed by atoms with Crippen molar-refractivity contribution in [3.8, 4) is 11.5 Å². The third-order valence-electron chi connectivity index (χ3n) is 4.29. The molecule has 0 spiro atoms. The summed E-state index contributed by atoms with van der Waals surface area (Å²) in [6.45, 7) is 6.57. The maximum absolute atomic E-state index is 6.08. The van der Waals surface area contributed by atoms with Crippen LogP contribution in [0.15, 0.2) is 36.4 Å². The fourth-order valence-electron chi connectivity index (χ4n) is 2.97. The normalized spacial score (nSPS) is 18.1. The first-order chi connectivity index (χ1) is 11.7. The first-order valence-electron chi connectivity index (χ1n) is 8.20. The highest BCUT2D eigenvalue weighted by Crippen LogP contribution is 2.44. The Morgan fingerprint density at radius 3 is 2.58 bits per heavy atom. The summed E-state index contributed by atoms with van der Waals surface area (Å²) in [7, 11) is 0. The van der Waals surface area contributed by atoms with Crippen LogP contribution < -0.4 is 15.4 Å². The quantitative estimate of drug-likeness (QED) is 0.655. The van der Waals surface area contributed by atoms with Crippen LogP contribution in [0.3, 0.4) is 0 Å². The number of halogens is 1. The fourth-order valence-corrected chi connectivity index (χ4v) is 4.25. The molecule has 1 fully saturated rings. The van der Waals surface area contributed by atoms with E-state index in [0.29, 0.717) is 10.3 Å². The predicted octanol–water partition coefficient (Wildman–Crippen LogP) is 4.80. The lowest BCUT2D eigenvalue weighted by molar-refractivity contribution is 0.395. The molecule has 4 nitrogen and oxygen atoms in total. The van der Waals surface area contributed by atoms with E-state index in [0.717, 1.165) is 49.1 Å². The summed E-state index contributed by atoms with van der Waals surface area (Å²) in [5, 5.41) is 7.93. The summed E-state index contributed by atoms with van der Waals surface area (Å²) >= 11 is 8.00. The molecule has 1 saturated heterocycles. The highest BCUT2D eigenvalue weighted by atomic mass is 35.5. The van der Waals surface area contributed by atoms with Gasteiger partial charge in [0.25, 0.3) is 0 Å². The number of hydrogen-bond acceptors (Lipinski definition) is 5. The van der Waals surface area contributed by atoms with Gasteiger partial charge in [-0.3, -0.25) is 0 Å². The summed E-state index contributed by atoms with van der Waals surface area (Å²) in [5.41, 5.74) is 3.20. The first kappa shape index (κ1) is 16.1. The van der Waals surface area contributed by atoms with Gasteiger partial charge in [0.05, 0.1) is 11.4 Å². The van der Waals surface area contributed by atoms with E-state index in [2.05, 4.69) is 34.0 Å². The van der Waals surface area contributed by atoms with Crippen molar-refractivity contribution >= 4 is 34.9 Å². The average molecular weight is 362 g/mol. The molecule has 0 bridgehead atoms. The number of rotatable bonds is 3. The summed E-state index contributed by atoms with van der Waals surface area (Å²) in [6.07, 6.45) is 0. The lowest BCUT2D eigenvalue weighted by Crippen LogP contribution is -2.40. The SMILES string of the molecule is CC(SN1CCNCC1)c1ccc2c(c1)Nc1cc(Cl)ccc1O2. The molecule has 6 heteroatoms. The third kappa shape index (κ3) is 3.35. The van der Waals surface area contributed by atoms with Crippen LogP contribution in [-0.4, -0.2) is 30.5 Å². The Hall–Kier alpha value is -1.40. The average Bonchev–Trinajstić information content (AvgIpc) is 2.60. The molecule has 1 atom stereocenters. The molecule has 4 rings (SSSR count). The van der Waals surface area contributed by atoms with Crippen LogP contribution in [0.1, 0.15) is 17.7 Å². The van der Waals surface area contributed by atoms with E-state index in [1.807, 2.05) is 36.2 Å². The van der Waals surface area contributed by atoms with Gasteiger partial charge in [-0.15, -0.1) is 0 Å². The summed E-state index contributed by atoms with van der Waals surface area (Å²) in [5.74, 6) is 1.66. The predicted molar refractivity (Wildman–Crippen MR) is 102 cm³/mol. The second kappa shape index (κ2) is 6.84. The molecule has 0 amide bonds. The Morgan fingerprint density at radius 2 is 1.79 bits per heavy atom. The number of benzene rings is 2. The maximum atomic E-state index is 6.08. The zero-order valence-corrected chi connectivity index (χ0v) is 15.1. The Labute approximate surface area is 151 Å². The van der Waals surface area contributed by atoms with Crippen LogP contribution in [0.2, 0.25) is 5.02 Å². The van der Waals surface area contributed by atoms with Crippen LogP contribution in [0.25, 0.3) is 0 Å². The Kier molecular flexibility index (Phi) is 4.59. The second-order valence-corrected chi connectivity index (χ2v) is 7.92. The number of piperazine rings is 1. The van der Waals surface area contributed by atoms with E-state index in [1.165, 1.54) is 5.56 Å². The molecule has 2 heterocycles. The molecule has 0 aromatic heterocycles. The smallest absolute Gasteiger partial charge is 0.151 e. The van der Waals surface area contributed by atoms with Gasteiger partial charge in [0, 0.05) is 36.5 Å². The van der Waals surface area contributed by atoms with Crippen molar-refractivity contribution in [3.63, 3.8) is 0 Å². The monoisotopic (exact) mass is 361 g/mol. The molecular formula is C18H20ClN3OS. The zero-order valence-electron chi connectivity index (χ0n) is 13.5. The van der Waals surface area contributed by atoms with Gasteiger partial charge < -0.3 is 15.4 Å². The summed E-state index contributed by atoms with van der Waals surface area (Å²) in [4.78, 5) is 0. The third-order valence-corrected chi connectivity index (χ3v) is 5.77. The molecule has 2 aromatic carbocycles. The first-order valence-corrected chi connectivity index (χ1v) is 9.41. The van der Waals surface area contributed by atoms with Gasteiger partial charge in [-0.05, 0) is 42.8 Å². The molecule has 0 radical (unpaired) electrons. The number of ether oxygens (including phenoxy) is 1. The number of nitrogens with zero attached hydrogens (tertiary/aromatic N) is 1. The van der Waals surface area contributed by atoms with E-state index in [1.54, 1.807) is 0 Å². The Morgan fingerprint density at radius 1 is 1.08 bits per heavy atom. The largest absolute Gasteiger partial charge is 0.453 e. The molecule has 2 aliphatic rings. The van der Waals surface area contributed by atoms with Gasteiger partial charge in [0.15, 0.2) is 11.5 Å². The lowest BCUT2D eigenvalue weighted by atomic mass is 10.1. The lowest BCUT2D eigenvalue weighted by Gasteiger charge is -2.29. The van der Waals surface area contributed by atoms with Crippen molar-refractivity contribution < 1.29 is 4.74 Å². The molecule has 1 unspecified atom stereocenters. The van der Waals surface area contributed by atoms with E-state index in [-0.39, 0.29) is 0 Å². The molecular weight excluding hydrogens is 342 g/mol. The van der Waals surface area contributed by atoms with Gasteiger partial charge in [-0.2, -0.15) is 0 Å². The van der Waals surface area contributed by atoms with Crippen molar-refractivity contribution in [2.45, 2.75) is 12.2 Å². The molecule has 126 valence electrons. The number of anilines is 2. The number of nitrogens with one attached hydrogen (secondary N) is 2. The van der Waals surface area contributed by atoms with Gasteiger partial charge in [-0.25, -0.2) is 4.31 Å². The minimum absolute atomic E-state index is 0.399. The summed E-state index contributed by atoms with van der Waals surface area (Å²) < 4.78 is 8.41. The number of hydrogen-bond donors (Lipinski definition) is 2. The minimum Gasteiger partial charge on any atom is -0.453 e. The van der Waals surface area contributed by atoms with E-state index < -0.39 is 0 Å². The van der Waals surface area contributed by atoms with Crippen LogP contribution in [0, 0.1) is 0 Å². The van der Waals surface area contributed by atoms with Gasteiger partial charge in [-0.1, -0.05) is 29.6 Å². The maximum Gasteiger partial charge on any atom is 0.151 e. The van der Waals surface area contributed by atoms with Crippen molar-refractivity contribution in [3.05, 3.63) is 47.0 Å². The molecule has 2 N–H and O–H groups in total. The van der Waals surface area contributed by atoms with Crippen LogP contribution >= 0.6 is 23.5 Å². The van der Waals surface area contributed by atoms with Crippen molar-refractivity contribution in [2.24, 2.45) is 0 Å². The molecule has 2 aromatic rings. The molecule has 0 saturated carbocycles. The minimum atomic E-state index is 0.399. The standard InChI is InChI=1S/C18H20ClN3OS/c1-12(24-22-8-6-20-7-9-22)13-2-4-17-15(10-13)21-16-11-14(19)3-5-18(16)23-17/h2-5,10-12,20-21H,6-9H2,1H3. The molecule has 0 aliphatic carbocycles. The van der Waals surface area contributed by atoms with Crippen LogP contribution in [-0.2, 0) is 0 Å². The molecule has 24 heavy (non-hydrogen) atoms. The summed E-state index contributed by atoms with van der Waals surface area (Å²) in [6, 6.07) is 12.0. The Balaban J connectivity index is 1.52. The Bertz CT molecular complexity index is 749. The highest BCUT2D eigenvalue weighted by molar-refractivity contribution is 7.97. The molecule has 2 aliphatic heterocycles. The van der Waals surface area contributed by atoms with Gasteiger partial charge in [0.2, 0.25) is 0 Å². The van der Waals surface area contributed by atoms with Gasteiger partial charge >= 0.3 is 0 Å². The van der Waals surface area contributed by atoms with E-state index in [4.69, 9.17) is 16.3 Å². The van der Waals surface area contributed by atoms with Crippen molar-refractivity contribution in [1.29, 1.82) is 0 Å². The number of fused-ring (bicyclic) bond motifs is 2. The fraction of sp³-hybridized carbons (Fsp3) is 0.333. The van der Waals surface area contributed by atoms with Crippen molar-refractivity contribution in [2.75, 3.05) is 31.5 Å². The second-order valence-electron chi connectivity index (χ2n) is 6.05. The van der Waals surface area contributed by atoms with Crippen LogP contribution in [0.5, 0.6) is 11.5 Å². The van der Waals surface area contributed by atoms with Crippen LogP contribution in [0.4, 0.5) is 11.4 Å². The van der Waals surface area contributed by atoms with E-state index >= 15 is 0 Å². The van der Waals surface area contributed by atoms with Gasteiger partial charge in [0.1, 0.15) is 0 Å².